The van der Waals surface area contributed by atoms with Gasteiger partial charge in [-0.15, -0.1) is 0 Å². The van der Waals surface area contributed by atoms with Crippen molar-refractivity contribution in [1.29, 1.82) is 5.26 Å². The number of esters is 2. The van der Waals surface area contributed by atoms with Crippen molar-refractivity contribution < 1.29 is 23.9 Å². The largest absolute Gasteiger partial charge is 0.466 e. The highest BCUT2D eigenvalue weighted by atomic mass is 35.5. The molecule has 3 aromatic rings. The molecule has 0 saturated carbocycles. The maximum absolute atomic E-state index is 13.2. The van der Waals surface area contributed by atoms with Crippen molar-refractivity contribution >= 4 is 40.8 Å². The Balaban J connectivity index is 1.90. The van der Waals surface area contributed by atoms with E-state index in [4.69, 9.17) is 26.8 Å². The summed E-state index contributed by atoms with van der Waals surface area (Å²) in [6.07, 6.45) is 0. The smallest absolute Gasteiger partial charge is 0.355 e. The van der Waals surface area contributed by atoms with Gasteiger partial charge >= 0.3 is 11.9 Å². The number of anilines is 2. The topological polar surface area (TPSA) is 135 Å². The lowest BCUT2D eigenvalue weighted by Gasteiger charge is -2.36. The first-order valence-corrected chi connectivity index (χ1v) is 12.0. The number of halogens is 1. The van der Waals surface area contributed by atoms with E-state index in [1.807, 2.05) is 0 Å². The summed E-state index contributed by atoms with van der Waals surface area (Å²) in [4.78, 5) is 40.7. The van der Waals surface area contributed by atoms with Crippen molar-refractivity contribution in [2.45, 2.75) is 5.92 Å². The Morgan fingerprint density at radius 3 is 2.28 bits per heavy atom. The van der Waals surface area contributed by atoms with E-state index in [9.17, 15) is 19.6 Å². The zero-order chi connectivity index (χ0) is 28.1. The Hall–Kier alpha value is -5.07. The lowest BCUT2D eigenvalue weighted by molar-refractivity contribution is -0.139. The van der Waals surface area contributed by atoms with Crippen LogP contribution in [0.2, 0.25) is 5.02 Å². The molecule has 0 aliphatic carbocycles. The summed E-state index contributed by atoms with van der Waals surface area (Å²) in [5, 5.41) is 13.4. The standard InChI is InChI=1S/C29H23ClN4O5/c1-38-28(36)24-23(17-8-4-3-5-9-17)22(16-31)26(32)34(25(24)29(37)39-2)21-13-6-10-18(14-21)27(35)33-20-12-7-11-19(30)15-20/h3-15,23H,32H2,1-2H3,(H,33,35). The molecule has 0 spiro atoms. The van der Waals surface area contributed by atoms with Crippen LogP contribution in [0, 0.1) is 11.3 Å². The predicted molar refractivity (Wildman–Crippen MR) is 145 cm³/mol. The summed E-state index contributed by atoms with van der Waals surface area (Å²) < 4.78 is 10.1. The second-order valence-electron chi connectivity index (χ2n) is 8.35. The normalized spacial score (nSPS) is 14.9. The summed E-state index contributed by atoms with van der Waals surface area (Å²) in [5.41, 5.74) is 7.66. The number of nitrogens with one attached hydrogen (secondary N) is 1. The minimum atomic E-state index is -0.997. The fourth-order valence-corrected chi connectivity index (χ4v) is 4.53. The monoisotopic (exact) mass is 542 g/mol. The highest BCUT2D eigenvalue weighted by Gasteiger charge is 2.43. The number of nitrogens with two attached hydrogens (primary N) is 1. The summed E-state index contributed by atoms with van der Waals surface area (Å²) in [5.74, 6) is -3.29. The molecule has 0 fully saturated rings. The average Bonchev–Trinajstić information content (AvgIpc) is 2.96. The molecule has 0 saturated heterocycles. The molecule has 1 amide bonds. The van der Waals surface area contributed by atoms with Gasteiger partial charge in [0.25, 0.3) is 5.91 Å². The summed E-state index contributed by atoms with van der Waals surface area (Å²) in [6, 6.07) is 23.6. The first-order valence-electron chi connectivity index (χ1n) is 11.6. The van der Waals surface area contributed by atoms with Gasteiger partial charge in [0, 0.05) is 22.0 Å². The van der Waals surface area contributed by atoms with Gasteiger partial charge in [-0.25, -0.2) is 9.59 Å². The Morgan fingerprint density at radius 2 is 1.64 bits per heavy atom. The van der Waals surface area contributed by atoms with Crippen LogP contribution < -0.4 is 16.0 Å². The molecule has 9 nitrogen and oxygen atoms in total. The van der Waals surface area contributed by atoms with Gasteiger partial charge in [-0.3, -0.25) is 9.69 Å². The van der Waals surface area contributed by atoms with Crippen LogP contribution in [0.1, 0.15) is 21.8 Å². The van der Waals surface area contributed by atoms with Gasteiger partial charge in [-0.05, 0) is 42.0 Å². The van der Waals surface area contributed by atoms with E-state index in [0.717, 1.165) is 7.11 Å². The number of nitrogens with zero attached hydrogens (tertiary/aromatic N) is 2. The zero-order valence-corrected chi connectivity index (χ0v) is 21.7. The fraction of sp³-hybridized carbons (Fsp3) is 0.103. The lowest BCUT2D eigenvalue weighted by Crippen LogP contribution is -2.40. The first kappa shape index (κ1) is 27.0. The number of hydrogen-bond acceptors (Lipinski definition) is 8. The number of benzene rings is 3. The molecule has 1 aliphatic heterocycles. The first-order chi connectivity index (χ1) is 18.8. The zero-order valence-electron chi connectivity index (χ0n) is 21.0. The molecule has 1 aliphatic rings. The van der Waals surface area contributed by atoms with E-state index in [2.05, 4.69) is 11.4 Å². The third-order valence-corrected chi connectivity index (χ3v) is 6.29. The van der Waals surface area contributed by atoms with Crippen molar-refractivity contribution in [1.82, 2.24) is 0 Å². The van der Waals surface area contributed by atoms with Gasteiger partial charge in [0.05, 0.1) is 37.4 Å². The van der Waals surface area contributed by atoms with Crippen LogP contribution in [0.15, 0.2) is 102 Å². The van der Waals surface area contributed by atoms with Crippen LogP contribution in [0.25, 0.3) is 0 Å². The summed E-state index contributed by atoms with van der Waals surface area (Å²) >= 11 is 6.02. The number of nitriles is 1. The van der Waals surface area contributed by atoms with Crippen molar-refractivity contribution in [2.24, 2.45) is 5.73 Å². The molecule has 1 heterocycles. The molecule has 1 unspecified atom stereocenters. The second kappa shape index (κ2) is 11.5. The molecule has 196 valence electrons. The minimum Gasteiger partial charge on any atom is -0.466 e. The molecular weight excluding hydrogens is 520 g/mol. The fourth-order valence-electron chi connectivity index (χ4n) is 4.34. The third-order valence-electron chi connectivity index (χ3n) is 6.06. The highest BCUT2D eigenvalue weighted by molar-refractivity contribution is 6.31. The van der Waals surface area contributed by atoms with Gasteiger partial charge in [-0.2, -0.15) is 5.26 Å². The number of allylic oxidation sites excluding steroid dienone is 1. The molecule has 0 bridgehead atoms. The van der Waals surface area contributed by atoms with Crippen molar-refractivity contribution in [3.8, 4) is 6.07 Å². The van der Waals surface area contributed by atoms with E-state index in [0.29, 0.717) is 16.3 Å². The highest BCUT2D eigenvalue weighted by Crippen LogP contribution is 2.43. The van der Waals surface area contributed by atoms with E-state index in [1.54, 1.807) is 72.8 Å². The van der Waals surface area contributed by atoms with Crippen LogP contribution in [-0.2, 0) is 19.1 Å². The van der Waals surface area contributed by atoms with Crippen LogP contribution in [0.4, 0.5) is 11.4 Å². The van der Waals surface area contributed by atoms with E-state index in [-0.39, 0.29) is 33.9 Å². The maximum Gasteiger partial charge on any atom is 0.355 e. The summed E-state index contributed by atoms with van der Waals surface area (Å²) in [6.45, 7) is 0. The number of ether oxygens (including phenoxy) is 2. The van der Waals surface area contributed by atoms with Crippen molar-refractivity contribution in [3.63, 3.8) is 0 Å². The predicted octanol–water partition coefficient (Wildman–Crippen LogP) is 4.49. The second-order valence-corrected chi connectivity index (χ2v) is 8.79. The van der Waals surface area contributed by atoms with E-state index >= 15 is 0 Å². The van der Waals surface area contributed by atoms with Crippen molar-refractivity contribution in [2.75, 3.05) is 24.4 Å². The molecule has 1 atom stereocenters. The molecule has 39 heavy (non-hydrogen) atoms. The molecule has 4 rings (SSSR count). The lowest BCUT2D eigenvalue weighted by atomic mass is 9.81. The number of methoxy groups -OCH3 is 2. The average molecular weight is 543 g/mol. The molecule has 10 heteroatoms. The van der Waals surface area contributed by atoms with Gasteiger partial charge in [0.1, 0.15) is 11.5 Å². The third kappa shape index (κ3) is 5.32. The molecule has 0 aromatic heterocycles. The van der Waals surface area contributed by atoms with Crippen molar-refractivity contribution in [3.05, 3.63) is 118 Å². The Labute approximate surface area is 229 Å². The van der Waals surface area contributed by atoms with Gasteiger partial charge in [0.15, 0.2) is 0 Å². The van der Waals surface area contributed by atoms with Crippen LogP contribution in [-0.4, -0.2) is 32.1 Å². The molecule has 0 radical (unpaired) electrons. The van der Waals surface area contributed by atoms with Gasteiger partial charge < -0.3 is 20.5 Å². The molecule has 3 aromatic carbocycles. The van der Waals surface area contributed by atoms with E-state index < -0.39 is 23.8 Å². The molecular formula is C29H23ClN4O5. The van der Waals surface area contributed by atoms with Crippen LogP contribution in [0.5, 0.6) is 0 Å². The quantitative estimate of drug-likeness (QED) is 0.435. The Kier molecular flexibility index (Phi) is 7.98. The SMILES string of the molecule is COC(=O)C1=C(C(=O)OC)N(c2cccc(C(=O)Nc3cccc(Cl)c3)c2)C(N)=C(C#N)C1c1ccccc1. The Bertz CT molecular complexity index is 1560. The number of amides is 1. The number of hydrogen-bond donors (Lipinski definition) is 2. The maximum atomic E-state index is 13.2. The van der Waals surface area contributed by atoms with Crippen LogP contribution >= 0.6 is 11.6 Å². The number of carbonyl (C=O) groups is 3. The summed E-state index contributed by atoms with van der Waals surface area (Å²) in [7, 11) is 2.33. The molecule has 3 N–H and O–H groups in total. The van der Waals surface area contributed by atoms with Gasteiger partial charge in [0.2, 0.25) is 0 Å². The van der Waals surface area contributed by atoms with Crippen LogP contribution in [0.3, 0.4) is 0 Å². The van der Waals surface area contributed by atoms with Gasteiger partial charge in [-0.1, -0.05) is 54.1 Å². The minimum absolute atomic E-state index is 0.0167. The number of carbonyl (C=O) groups excluding carboxylic acids is 3. The van der Waals surface area contributed by atoms with E-state index in [1.165, 1.54) is 18.1 Å². The Morgan fingerprint density at radius 1 is 0.949 bits per heavy atom. The number of rotatable bonds is 6.